The number of halogens is 5. The van der Waals surface area contributed by atoms with Crippen LogP contribution in [0.15, 0.2) is 30.3 Å². The van der Waals surface area contributed by atoms with E-state index in [-0.39, 0.29) is 22.5 Å². The zero-order valence-electron chi connectivity index (χ0n) is 10.2. The van der Waals surface area contributed by atoms with Gasteiger partial charge in [-0.1, -0.05) is 23.2 Å². The number of aromatic nitrogens is 1. The lowest BCUT2D eigenvalue weighted by Gasteiger charge is -2.12. The number of nitrogens with two attached hydrogens (primary N) is 1. The van der Waals surface area contributed by atoms with Crippen LogP contribution < -0.4 is 16.0 Å². The molecule has 2 aromatic rings. The number of rotatable bonds is 3. The fraction of sp³-hybridized carbons (Fsp3) is 0.0833. The molecule has 0 fully saturated rings. The summed E-state index contributed by atoms with van der Waals surface area (Å²) >= 11 is 11.5. The summed E-state index contributed by atoms with van der Waals surface area (Å²) in [6.07, 6.45) is -4.55. The molecule has 9 heteroatoms. The lowest BCUT2D eigenvalue weighted by atomic mass is 10.2. The highest BCUT2D eigenvalue weighted by molar-refractivity contribution is 6.42. The summed E-state index contributed by atoms with van der Waals surface area (Å²) in [4.78, 5) is 3.78. The Bertz CT molecular complexity index is 665. The largest absolute Gasteiger partial charge is 0.439 e. The lowest BCUT2D eigenvalue weighted by molar-refractivity contribution is -0.137. The molecule has 0 amide bonds. The summed E-state index contributed by atoms with van der Waals surface area (Å²) < 4.78 is 43.5. The predicted molar refractivity (Wildman–Crippen MR) is 73.6 cm³/mol. The lowest BCUT2D eigenvalue weighted by Crippen LogP contribution is -2.12. The molecule has 1 heterocycles. The van der Waals surface area contributed by atoms with Crippen LogP contribution in [0.25, 0.3) is 0 Å². The average Bonchev–Trinajstić information content (AvgIpc) is 2.41. The summed E-state index contributed by atoms with van der Waals surface area (Å²) in [5, 5.41) is 0.503. The standard InChI is InChI=1S/C12H8Cl2F3N3O/c13-8-2-1-7(5-9(8)14)21-11-4-6(12(15,16)17)3-10(19-11)20-18/h1-5H,18H2,(H,19,20). The van der Waals surface area contributed by atoms with Crippen LogP contribution in [0, 0.1) is 0 Å². The molecule has 1 aromatic carbocycles. The van der Waals surface area contributed by atoms with Crippen LogP contribution in [0.1, 0.15) is 5.56 Å². The number of hydrazine groups is 1. The van der Waals surface area contributed by atoms with Crippen LogP contribution in [-0.4, -0.2) is 4.98 Å². The van der Waals surface area contributed by atoms with E-state index in [9.17, 15) is 13.2 Å². The Hall–Kier alpha value is -1.70. The van der Waals surface area contributed by atoms with E-state index in [1.807, 2.05) is 5.43 Å². The van der Waals surface area contributed by atoms with Gasteiger partial charge in [-0.2, -0.15) is 18.2 Å². The smallest absolute Gasteiger partial charge is 0.416 e. The van der Waals surface area contributed by atoms with Gasteiger partial charge in [0.2, 0.25) is 5.88 Å². The van der Waals surface area contributed by atoms with E-state index in [1.54, 1.807) is 0 Å². The third-order valence-electron chi connectivity index (χ3n) is 2.39. The van der Waals surface area contributed by atoms with E-state index in [4.69, 9.17) is 33.8 Å². The molecule has 112 valence electrons. The van der Waals surface area contributed by atoms with Crippen molar-refractivity contribution in [1.82, 2.24) is 4.98 Å². The first-order valence-electron chi connectivity index (χ1n) is 5.48. The maximum Gasteiger partial charge on any atom is 0.416 e. The summed E-state index contributed by atoms with van der Waals surface area (Å²) in [6, 6.07) is 5.78. The van der Waals surface area contributed by atoms with Crippen LogP contribution in [0.3, 0.4) is 0 Å². The van der Waals surface area contributed by atoms with Gasteiger partial charge in [0.25, 0.3) is 0 Å². The molecule has 0 aliphatic carbocycles. The highest BCUT2D eigenvalue weighted by Gasteiger charge is 2.32. The second-order valence-electron chi connectivity index (χ2n) is 3.90. The molecule has 0 aliphatic heterocycles. The van der Waals surface area contributed by atoms with Crippen molar-refractivity contribution >= 4 is 29.0 Å². The number of hydrogen-bond donors (Lipinski definition) is 2. The number of pyridine rings is 1. The normalized spacial score (nSPS) is 11.3. The summed E-state index contributed by atoms with van der Waals surface area (Å²) in [5.41, 5.74) is 1.10. The number of anilines is 1. The number of alkyl halides is 3. The predicted octanol–water partition coefficient (Wildman–Crippen LogP) is 4.49. The first-order chi connectivity index (χ1) is 9.79. The average molecular weight is 338 g/mol. The van der Waals surface area contributed by atoms with Gasteiger partial charge in [-0.3, -0.25) is 0 Å². The molecule has 2 rings (SSSR count). The van der Waals surface area contributed by atoms with Crippen LogP contribution in [-0.2, 0) is 6.18 Å². The van der Waals surface area contributed by atoms with Gasteiger partial charge in [-0.15, -0.1) is 0 Å². The zero-order chi connectivity index (χ0) is 15.6. The van der Waals surface area contributed by atoms with E-state index in [0.717, 1.165) is 12.1 Å². The van der Waals surface area contributed by atoms with Crippen molar-refractivity contribution in [3.63, 3.8) is 0 Å². The maximum absolute atomic E-state index is 12.7. The van der Waals surface area contributed by atoms with E-state index in [1.165, 1.54) is 18.2 Å². The SMILES string of the molecule is NNc1cc(C(F)(F)F)cc(Oc2ccc(Cl)c(Cl)c2)n1. The van der Waals surface area contributed by atoms with Crippen molar-refractivity contribution in [1.29, 1.82) is 0 Å². The minimum Gasteiger partial charge on any atom is -0.439 e. The van der Waals surface area contributed by atoms with Crippen LogP contribution in [0.2, 0.25) is 10.0 Å². The summed E-state index contributed by atoms with van der Waals surface area (Å²) in [5.74, 6) is 4.83. The van der Waals surface area contributed by atoms with Crippen LogP contribution in [0.5, 0.6) is 11.6 Å². The van der Waals surface area contributed by atoms with E-state index in [2.05, 4.69) is 4.98 Å². The molecular formula is C12H8Cl2F3N3O. The minimum absolute atomic E-state index is 0.181. The Morgan fingerprint density at radius 2 is 1.81 bits per heavy atom. The fourth-order valence-electron chi connectivity index (χ4n) is 1.46. The molecule has 0 unspecified atom stereocenters. The van der Waals surface area contributed by atoms with Crippen molar-refractivity contribution in [2.75, 3.05) is 5.43 Å². The number of nitrogen functional groups attached to an aromatic ring is 1. The molecule has 0 bridgehead atoms. The fourth-order valence-corrected chi connectivity index (χ4v) is 1.74. The van der Waals surface area contributed by atoms with Gasteiger partial charge in [-0.25, -0.2) is 5.84 Å². The number of nitrogens with one attached hydrogen (secondary N) is 1. The highest BCUT2D eigenvalue weighted by atomic mass is 35.5. The molecule has 0 spiro atoms. The minimum atomic E-state index is -4.55. The number of benzene rings is 1. The topological polar surface area (TPSA) is 60.2 Å². The van der Waals surface area contributed by atoms with Crippen LogP contribution in [0.4, 0.5) is 19.0 Å². The molecule has 21 heavy (non-hydrogen) atoms. The molecule has 3 N–H and O–H groups in total. The van der Waals surface area contributed by atoms with E-state index in [0.29, 0.717) is 5.02 Å². The summed E-state index contributed by atoms with van der Waals surface area (Å²) in [7, 11) is 0. The molecule has 0 atom stereocenters. The monoisotopic (exact) mass is 337 g/mol. The third-order valence-corrected chi connectivity index (χ3v) is 3.13. The van der Waals surface area contributed by atoms with Crippen molar-refractivity contribution in [3.05, 3.63) is 45.9 Å². The van der Waals surface area contributed by atoms with Crippen molar-refractivity contribution in [2.45, 2.75) is 6.18 Å². The molecule has 0 aliphatic rings. The molecule has 4 nitrogen and oxygen atoms in total. The molecule has 1 aromatic heterocycles. The maximum atomic E-state index is 12.7. The van der Waals surface area contributed by atoms with Gasteiger partial charge < -0.3 is 10.2 Å². The molecule has 0 saturated carbocycles. The Kier molecular flexibility index (Phi) is 4.46. The van der Waals surface area contributed by atoms with Gasteiger partial charge >= 0.3 is 6.18 Å². The molecule has 0 radical (unpaired) electrons. The second-order valence-corrected chi connectivity index (χ2v) is 4.71. The molecule has 0 saturated heterocycles. The first kappa shape index (κ1) is 15.7. The first-order valence-corrected chi connectivity index (χ1v) is 6.24. The Labute approximate surface area is 127 Å². The van der Waals surface area contributed by atoms with Gasteiger partial charge in [0.05, 0.1) is 15.6 Å². The number of ether oxygens (including phenoxy) is 1. The van der Waals surface area contributed by atoms with Crippen molar-refractivity contribution < 1.29 is 17.9 Å². The van der Waals surface area contributed by atoms with Gasteiger partial charge in [0.15, 0.2) is 0 Å². The summed E-state index contributed by atoms with van der Waals surface area (Å²) in [6.45, 7) is 0. The van der Waals surface area contributed by atoms with Crippen molar-refractivity contribution in [2.24, 2.45) is 5.84 Å². The Morgan fingerprint density at radius 3 is 2.38 bits per heavy atom. The van der Waals surface area contributed by atoms with Gasteiger partial charge in [-0.05, 0) is 18.2 Å². The Morgan fingerprint density at radius 1 is 1.10 bits per heavy atom. The highest BCUT2D eigenvalue weighted by Crippen LogP contribution is 2.34. The number of hydrogen-bond acceptors (Lipinski definition) is 4. The van der Waals surface area contributed by atoms with Gasteiger partial charge in [0, 0.05) is 12.1 Å². The van der Waals surface area contributed by atoms with Gasteiger partial charge in [0.1, 0.15) is 11.6 Å². The Balaban J connectivity index is 2.36. The van der Waals surface area contributed by atoms with Crippen LogP contribution >= 0.6 is 23.2 Å². The molecular weight excluding hydrogens is 330 g/mol. The third kappa shape index (κ3) is 3.90. The quantitative estimate of drug-likeness (QED) is 0.640. The van der Waals surface area contributed by atoms with E-state index < -0.39 is 11.7 Å². The van der Waals surface area contributed by atoms with E-state index >= 15 is 0 Å². The van der Waals surface area contributed by atoms with Crippen molar-refractivity contribution in [3.8, 4) is 11.6 Å². The zero-order valence-corrected chi connectivity index (χ0v) is 11.7. The number of nitrogens with zero attached hydrogens (tertiary/aromatic N) is 1. The second kappa shape index (κ2) is 5.97.